The van der Waals surface area contributed by atoms with E-state index in [1.807, 2.05) is 62.4 Å². The Balaban J connectivity index is 1.64. The van der Waals surface area contributed by atoms with Gasteiger partial charge in [-0.05, 0) is 32.0 Å². The van der Waals surface area contributed by atoms with E-state index in [0.29, 0.717) is 23.8 Å². The zero-order chi connectivity index (χ0) is 20.6. The molecule has 0 saturated heterocycles. The number of anilines is 2. The molecule has 7 heteroatoms. The summed E-state index contributed by atoms with van der Waals surface area (Å²) in [5.74, 6) is 1.56. The lowest BCUT2D eigenvalue weighted by atomic mass is 10.2. The quantitative estimate of drug-likeness (QED) is 0.604. The van der Waals surface area contributed by atoms with Crippen LogP contribution in [0, 0.1) is 0 Å². The molecule has 0 atom stereocenters. The SMILES string of the molecule is COc1ccccc1CNC(=O)c1cnc(Nc2ccccc2OC(C)C)nc1. The van der Waals surface area contributed by atoms with Crippen LogP contribution < -0.4 is 20.1 Å². The first-order valence-corrected chi connectivity index (χ1v) is 9.31. The lowest BCUT2D eigenvalue weighted by Crippen LogP contribution is -2.23. The van der Waals surface area contributed by atoms with Crippen molar-refractivity contribution in [1.29, 1.82) is 0 Å². The van der Waals surface area contributed by atoms with Gasteiger partial charge in [-0.3, -0.25) is 4.79 Å². The summed E-state index contributed by atoms with van der Waals surface area (Å²) in [5.41, 5.74) is 2.02. The van der Waals surface area contributed by atoms with Gasteiger partial charge in [-0.15, -0.1) is 0 Å². The maximum Gasteiger partial charge on any atom is 0.254 e. The van der Waals surface area contributed by atoms with Crippen LogP contribution >= 0.6 is 0 Å². The summed E-state index contributed by atoms with van der Waals surface area (Å²) < 4.78 is 11.1. The van der Waals surface area contributed by atoms with Crippen molar-refractivity contribution in [1.82, 2.24) is 15.3 Å². The van der Waals surface area contributed by atoms with Crippen molar-refractivity contribution in [2.24, 2.45) is 0 Å². The van der Waals surface area contributed by atoms with Crippen LogP contribution in [-0.2, 0) is 6.54 Å². The third-order valence-electron chi connectivity index (χ3n) is 4.04. The van der Waals surface area contributed by atoms with E-state index in [1.165, 1.54) is 12.4 Å². The normalized spacial score (nSPS) is 10.5. The molecule has 1 heterocycles. The average molecular weight is 392 g/mol. The Morgan fingerprint density at radius 3 is 2.34 bits per heavy atom. The van der Waals surface area contributed by atoms with Gasteiger partial charge in [-0.25, -0.2) is 9.97 Å². The minimum Gasteiger partial charge on any atom is -0.496 e. The van der Waals surface area contributed by atoms with Gasteiger partial charge >= 0.3 is 0 Å². The van der Waals surface area contributed by atoms with Crippen molar-refractivity contribution >= 4 is 17.5 Å². The van der Waals surface area contributed by atoms with Gasteiger partial charge in [0.15, 0.2) is 0 Å². The minimum absolute atomic E-state index is 0.0492. The number of benzene rings is 2. The number of hydrogen-bond acceptors (Lipinski definition) is 6. The number of rotatable bonds is 8. The monoisotopic (exact) mass is 392 g/mol. The topological polar surface area (TPSA) is 85.4 Å². The molecule has 2 N–H and O–H groups in total. The molecule has 1 amide bonds. The van der Waals surface area contributed by atoms with E-state index in [-0.39, 0.29) is 12.0 Å². The van der Waals surface area contributed by atoms with E-state index in [0.717, 1.165) is 17.0 Å². The lowest BCUT2D eigenvalue weighted by molar-refractivity contribution is 0.0950. The Hall–Kier alpha value is -3.61. The van der Waals surface area contributed by atoms with Crippen molar-refractivity contribution in [2.45, 2.75) is 26.5 Å². The number of ether oxygens (including phenoxy) is 2. The molecule has 150 valence electrons. The highest BCUT2D eigenvalue weighted by molar-refractivity contribution is 5.93. The Morgan fingerprint density at radius 1 is 1.00 bits per heavy atom. The maximum atomic E-state index is 12.4. The van der Waals surface area contributed by atoms with Crippen molar-refractivity contribution in [2.75, 3.05) is 12.4 Å². The molecule has 0 aliphatic carbocycles. The minimum atomic E-state index is -0.258. The lowest BCUT2D eigenvalue weighted by Gasteiger charge is -2.14. The molecule has 7 nitrogen and oxygen atoms in total. The summed E-state index contributed by atoms with van der Waals surface area (Å²) >= 11 is 0. The van der Waals surface area contributed by atoms with Gasteiger partial charge in [0, 0.05) is 24.5 Å². The molecule has 0 unspecified atom stereocenters. The average Bonchev–Trinajstić information content (AvgIpc) is 2.74. The Morgan fingerprint density at radius 2 is 1.66 bits per heavy atom. The van der Waals surface area contributed by atoms with E-state index in [1.54, 1.807) is 7.11 Å². The van der Waals surface area contributed by atoms with Gasteiger partial charge in [0.25, 0.3) is 5.91 Å². The van der Waals surface area contributed by atoms with E-state index >= 15 is 0 Å². The molecule has 29 heavy (non-hydrogen) atoms. The highest BCUT2D eigenvalue weighted by Crippen LogP contribution is 2.27. The summed E-state index contributed by atoms with van der Waals surface area (Å²) in [7, 11) is 1.60. The largest absolute Gasteiger partial charge is 0.496 e. The first-order valence-electron chi connectivity index (χ1n) is 9.31. The number of para-hydroxylation sites is 3. The van der Waals surface area contributed by atoms with Crippen molar-refractivity contribution in [3.8, 4) is 11.5 Å². The predicted octanol–water partition coefficient (Wildman–Crippen LogP) is 3.95. The van der Waals surface area contributed by atoms with Gasteiger partial charge in [0.2, 0.25) is 5.95 Å². The smallest absolute Gasteiger partial charge is 0.254 e. The van der Waals surface area contributed by atoms with Crippen LogP contribution in [0.4, 0.5) is 11.6 Å². The van der Waals surface area contributed by atoms with Gasteiger partial charge < -0.3 is 20.1 Å². The molecule has 0 bridgehead atoms. The fourth-order valence-electron chi connectivity index (χ4n) is 2.68. The number of carbonyl (C=O) groups is 1. The number of methoxy groups -OCH3 is 1. The van der Waals surface area contributed by atoms with Crippen LogP contribution in [0.15, 0.2) is 60.9 Å². The Bertz CT molecular complexity index is 958. The fraction of sp³-hybridized carbons (Fsp3) is 0.227. The fourth-order valence-corrected chi connectivity index (χ4v) is 2.68. The number of nitrogens with one attached hydrogen (secondary N) is 2. The number of carbonyl (C=O) groups excluding carboxylic acids is 1. The standard InChI is InChI=1S/C22H24N4O3/c1-15(2)29-20-11-7-5-9-18(20)26-22-24-13-17(14-25-22)21(27)23-12-16-8-4-6-10-19(16)28-3/h4-11,13-15H,12H2,1-3H3,(H,23,27)(H,24,25,26). The van der Waals surface area contributed by atoms with Crippen LogP contribution in [0.3, 0.4) is 0 Å². The molecule has 0 aliphatic heterocycles. The molecule has 0 saturated carbocycles. The molecule has 0 aliphatic rings. The number of hydrogen-bond donors (Lipinski definition) is 2. The first-order chi connectivity index (χ1) is 14.1. The third-order valence-corrected chi connectivity index (χ3v) is 4.04. The molecule has 3 aromatic rings. The van der Waals surface area contributed by atoms with Crippen LogP contribution in [0.25, 0.3) is 0 Å². The molecule has 3 rings (SSSR count). The molecule has 1 aromatic heterocycles. The highest BCUT2D eigenvalue weighted by atomic mass is 16.5. The Kier molecular flexibility index (Phi) is 6.63. The summed E-state index contributed by atoms with van der Waals surface area (Å²) in [5, 5.41) is 5.97. The molecular weight excluding hydrogens is 368 g/mol. The van der Waals surface area contributed by atoms with Gasteiger partial charge in [0.05, 0.1) is 24.5 Å². The second-order valence-electron chi connectivity index (χ2n) is 6.58. The summed E-state index contributed by atoms with van der Waals surface area (Å²) in [6, 6.07) is 15.1. The van der Waals surface area contributed by atoms with Crippen LogP contribution in [0.2, 0.25) is 0 Å². The molecule has 0 fully saturated rings. The molecule has 2 aromatic carbocycles. The van der Waals surface area contributed by atoms with Crippen molar-refractivity contribution < 1.29 is 14.3 Å². The predicted molar refractivity (Wildman–Crippen MR) is 112 cm³/mol. The highest BCUT2D eigenvalue weighted by Gasteiger charge is 2.10. The van der Waals surface area contributed by atoms with Crippen LogP contribution in [0.1, 0.15) is 29.8 Å². The second kappa shape index (κ2) is 9.54. The van der Waals surface area contributed by atoms with Gasteiger partial charge in [0.1, 0.15) is 11.5 Å². The van der Waals surface area contributed by atoms with E-state index < -0.39 is 0 Å². The number of aromatic nitrogens is 2. The summed E-state index contributed by atoms with van der Waals surface area (Å²) in [4.78, 5) is 20.9. The second-order valence-corrected chi connectivity index (χ2v) is 6.58. The summed E-state index contributed by atoms with van der Waals surface area (Å²) in [6.07, 6.45) is 3.02. The third kappa shape index (κ3) is 5.44. The van der Waals surface area contributed by atoms with Crippen molar-refractivity contribution in [3.05, 3.63) is 72.1 Å². The molecule has 0 radical (unpaired) electrons. The molecular formula is C22H24N4O3. The van der Waals surface area contributed by atoms with E-state index in [2.05, 4.69) is 20.6 Å². The zero-order valence-electron chi connectivity index (χ0n) is 16.7. The van der Waals surface area contributed by atoms with E-state index in [4.69, 9.17) is 9.47 Å². The van der Waals surface area contributed by atoms with E-state index in [9.17, 15) is 4.79 Å². The van der Waals surface area contributed by atoms with Crippen molar-refractivity contribution in [3.63, 3.8) is 0 Å². The maximum absolute atomic E-state index is 12.4. The Labute approximate surface area is 170 Å². The van der Waals surface area contributed by atoms with Gasteiger partial charge in [-0.2, -0.15) is 0 Å². The van der Waals surface area contributed by atoms with Gasteiger partial charge in [-0.1, -0.05) is 30.3 Å². The number of amides is 1. The summed E-state index contributed by atoms with van der Waals surface area (Å²) in [6.45, 7) is 4.28. The van der Waals surface area contributed by atoms with Crippen LogP contribution in [0.5, 0.6) is 11.5 Å². The van der Waals surface area contributed by atoms with Crippen LogP contribution in [-0.4, -0.2) is 29.1 Å². The number of nitrogens with zero attached hydrogens (tertiary/aromatic N) is 2. The molecule has 0 spiro atoms. The zero-order valence-corrected chi connectivity index (χ0v) is 16.7. The first kappa shape index (κ1) is 20.1.